The first kappa shape index (κ1) is 14.7. The average molecular weight is 326 g/mol. The standard InChI is InChI=1S/C17H18N4O3/c22-16(11-21-14-5-1-2-6-15(14)24-17(21)23)19-8-3-4-13(10-19)20-9-7-18-12-20/h1-2,5-7,9,12-13H,3-4,8,10-11H2/t13-/m0/s1. The molecule has 1 amide bonds. The number of likely N-dealkylation sites (tertiary alicyclic amines) is 1. The maximum absolute atomic E-state index is 12.7. The molecule has 1 aliphatic heterocycles. The second-order valence-corrected chi connectivity index (χ2v) is 6.07. The lowest BCUT2D eigenvalue weighted by molar-refractivity contribution is -0.133. The summed E-state index contributed by atoms with van der Waals surface area (Å²) in [5, 5.41) is 0. The van der Waals surface area contributed by atoms with E-state index in [1.54, 1.807) is 30.7 Å². The van der Waals surface area contributed by atoms with Crippen molar-refractivity contribution in [3.8, 4) is 0 Å². The van der Waals surface area contributed by atoms with Crippen LogP contribution in [-0.4, -0.2) is 38.0 Å². The van der Waals surface area contributed by atoms with Gasteiger partial charge in [0.2, 0.25) is 5.91 Å². The van der Waals surface area contributed by atoms with E-state index in [2.05, 4.69) is 4.98 Å². The van der Waals surface area contributed by atoms with Gasteiger partial charge < -0.3 is 13.9 Å². The van der Waals surface area contributed by atoms with Gasteiger partial charge in [0.15, 0.2) is 5.58 Å². The number of fused-ring (bicyclic) bond motifs is 1. The van der Waals surface area contributed by atoms with Crippen LogP contribution in [0.4, 0.5) is 0 Å². The van der Waals surface area contributed by atoms with Crippen LogP contribution in [0.15, 0.2) is 52.2 Å². The predicted molar refractivity (Wildman–Crippen MR) is 87.6 cm³/mol. The summed E-state index contributed by atoms with van der Waals surface area (Å²) < 4.78 is 8.63. The molecule has 24 heavy (non-hydrogen) atoms. The third-order valence-corrected chi connectivity index (χ3v) is 4.56. The molecule has 0 spiro atoms. The summed E-state index contributed by atoms with van der Waals surface area (Å²) in [5.41, 5.74) is 1.16. The number of imidazole rings is 1. The summed E-state index contributed by atoms with van der Waals surface area (Å²) in [7, 11) is 0. The Morgan fingerprint density at radius 2 is 2.21 bits per heavy atom. The van der Waals surface area contributed by atoms with Gasteiger partial charge in [-0.25, -0.2) is 9.78 Å². The number of piperidine rings is 1. The summed E-state index contributed by atoms with van der Waals surface area (Å²) >= 11 is 0. The Morgan fingerprint density at radius 1 is 1.33 bits per heavy atom. The Morgan fingerprint density at radius 3 is 3.04 bits per heavy atom. The fraction of sp³-hybridized carbons (Fsp3) is 0.353. The molecule has 3 heterocycles. The van der Waals surface area contributed by atoms with Gasteiger partial charge in [-0.15, -0.1) is 0 Å². The number of rotatable bonds is 3. The van der Waals surface area contributed by atoms with Gasteiger partial charge in [0.05, 0.1) is 17.9 Å². The number of nitrogens with zero attached hydrogens (tertiary/aromatic N) is 4. The second-order valence-electron chi connectivity index (χ2n) is 6.07. The highest BCUT2D eigenvalue weighted by Crippen LogP contribution is 2.21. The van der Waals surface area contributed by atoms with Crippen LogP contribution in [0, 0.1) is 0 Å². The zero-order chi connectivity index (χ0) is 16.5. The maximum atomic E-state index is 12.7. The highest BCUT2D eigenvalue weighted by Gasteiger charge is 2.25. The number of aromatic nitrogens is 3. The molecule has 7 heteroatoms. The molecular weight excluding hydrogens is 308 g/mol. The van der Waals surface area contributed by atoms with E-state index in [1.807, 2.05) is 21.7 Å². The Hall–Kier alpha value is -2.83. The third-order valence-electron chi connectivity index (χ3n) is 4.56. The van der Waals surface area contributed by atoms with Gasteiger partial charge in [0.25, 0.3) is 0 Å². The van der Waals surface area contributed by atoms with Crippen LogP contribution < -0.4 is 5.76 Å². The smallest absolute Gasteiger partial charge is 0.408 e. The molecule has 0 saturated carbocycles. The quantitative estimate of drug-likeness (QED) is 0.734. The van der Waals surface area contributed by atoms with Gasteiger partial charge >= 0.3 is 5.76 Å². The van der Waals surface area contributed by atoms with Crippen LogP contribution in [0.25, 0.3) is 11.1 Å². The number of carbonyl (C=O) groups excluding carboxylic acids is 1. The molecule has 1 fully saturated rings. The molecule has 1 saturated heterocycles. The topological polar surface area (TPSA) is 73.3 Å². The van der Waals surface area contributed by atoms with E-state index < -0.39 is 5.76 Å². The number of oxazole rings is 1. The second kappa shape index (κ2) is 5.99. The van der Waals surface area contributed by atoms with Crippen LogP contribution in [0.3, 0.4) is 0 Å². The van der Waals surface area contributed by atoms with Crippen molar-refractivity contribution in [2.24, 2.45) is 0 Å². The van der Waals surface area contributed by atoms with Gasteiger partial charge in [-0.05, 0) is 25.0 Å². The first-order valence-electron chi connectivity index (χ1n) is 8.06. The molecular formula is C17H18N4O3. The van der Waals surface area contributed by atoms with E-state index >= 15 is 0 Å². The van der Waals surface area contributed by atoms with Crippen LogP contribution in [-0.2, 0) is 11.3 Å². The van der Waals surface area contributed by atoms with E-state index in [-0.39, 0.29) is 18.5 Å². The molecule has 3 aromatic rings. The van der Waals surface area contributed by atoms with Gasteiger partial charge in [0.1, 0.15) is 6.54 Å². The van der Waals surface area contributed by atoms with Gasteiger partial charge in [-0.1, -0.05) is 12.1 Å². The van der Waals surface area contributed by atoms with E-state index in [0.717, 1.165) is 12.8 Å². The molecule has 0 aliphatic carbocycles. The van der Waals surface area contributed by atoms with Gasteiger partial charge in [0, 0.05) is 25.5 Å². The minimum atomic E-state index is -0.493. The molecule has 1 atom stereocenters. The molecule has 2 aromatic heterocycles. The predicted octanol–water partition coefficient (Wildman–Crippen LogP) is 1.65. The van der Waals surface area contributed by atoms with Crippen molar-refractivity contribution in [1.29, 1.82) is 0 Å². The molecule has 0 bridgehead atoms. The molecule has 7 nitrogen and oxygen atoms in total. The fourth-order valence-electron chi connectivity index (χ4n) is 3.31. The Kier molecular flexibility index (Phi) is 3.68. The van der Waals surface area contributed by atoms with Gasteiger partial charge in [-0.3, -0.25) is 9.36 Å². The van der Waals surface area contributed by atoms with E-state index in [4.69, 9.17) is 4.42 Å². The largest absolute Gasteiger partial charge is 0.420 e. The van der Waals surface area contributed by atoms with Crippen LogP contribution >= 0.6 is 0 Å². The maximum Gasteiger partial charge on any atom is 0.420 e. The van der Waals surface area contributed by atoms with E-state index in [1.165, 1.54) is 4.57 Å². The molecule has 0 N–H and O–H groups in total. The van der Waals surface area contributed by atoms with E-state index in [0.29, 0.717) is 24.2 Å². The molecule has 0 radical (unpaired) electrons. The number of carbonyl (C=O) groups is 1. The highest BCUT2D eigenvalue weighted by atomic mass is 16.4. The lowest BCUT2D eigenvalue weighted by Crippen LogP contribution is -2.42. The summed E-state index contributed by atoms with van der Waals surface area (Å²) in [5.74, 6) is -0.554. The summed E-state index contributed by atoms with van der Waals surface area (Å²) in [4.78, 5) is 30.6. The molecule has 124 valence electrons. The van der Waals surface area contributed by atoms with Crippen molar-refractivity contribution in [3.05, 3.63) is 53.5 Å². The molecule has 0 unspecified atom stereocenters. The van der Waals surface area contributed by atoms with Crippen LogP contribution in [0.5, 0.6) is 0 Å². The van der Waals surface area contributed by atoms with Crippen molar-refractivity contribution >= 4 is 17.0 Å². The van der Waals surface area contributed by atoms with Gasteiger partial charge in [-0.2, -0.15) is 0 Å². The molecule has 1 aromatic carbocycles. The Bertz CT molecular complexity index is 909. The summed E-state index contributed by atoms with van der Waals surface area (Å²) in [6, 6.07) is 7.39. The average Bonchev–Trinajstić information content (AvgIpc) is 3.24. The first-order chi connectivity index (χ1) is 11.7. The third kappa shape index (κ3) is 2.62. The zero-order valence-electron chi connectivity index (χ0n) is 13.2. The van der Waals surface area contributed by atoms with Crippen molar-refractivity contribution in [3.63, 3.8) is 0 Å². The Labute approximate surface area is 138 Å². The zero-order valence-corrected chi connectivity index (χ0v) is 13.2. The first-order valence-corrected chi connectivity index (χ1v) is 8.06. The molecule has 1 aliphatic rings. The normalized spacial score (nSPS) is 18.2. The van der Waals surface area contributed by atoms with E-state index in [9.17, 15) is 9.59 Å². The fourth-order valence-corrected chi connectivity index (χ4v) is 3.31. The molecule has 4 rings (SSSR count). The van der Waals surface area contributed by atoms with Crippen LogP contribution in [0.2, 0.25) is 0 Å². The minimum absolute atomic E-state index is 0.00644. The lowest BCUT2D eigenvalue weighted by Gasteiger charge is -2.33. The van der Waals surface area contributed by atoms with Crippen LogP contribution in [0.1, 0.15) is 18.9 Å². The number of benzene rings is 1. The summed E-state index contributed by atoms with van der Waals surface area (Å²) in [6.45, 7) is 1.36. The highest BCUT2D eigenvalue weighted by molar-refractivity contribution is 5.79. The number of amides is 1. The van der Waals surface area contributed by atoms with Crippen molar-refractivity contribution in [2.45, 2.75) is 25.4 Å². The number of para-hydroxylation sites is 2. The SMILES string of the molecule is O=C(Cn1c(=O)oc2ccccc21)N1CCC[C@H](n2ccnc2)C1. The Balaban J connectivity index is 1.53. The monoisotopic (exact) mass is 326 g/mol. The van der Waals surface area contributed by atoms with Crippen molar-refractivity contribution in [1.82, 2.24) is 19.0 Å². The van der Waals surface area contributed by atoms with Crippen molar-refractivity contribution < 1.29 is 9.21 Å². The lowest BCUT2D eigenvalue weighted by atomic mass is 10.1. The minimum Gasteiger partial charge on any atom is -0.408 e. The number of hydrogen-bond acceptors (Lipinski definition) is 4. The summed E-state index contributed by atoms with van der Waals surface area (Å²) in [6.07, 6.45) is 7.42. The number of hydrogen-bond donors (Lipinski definition) is 0. The van der Waals surface area contributed by atoms with Crippen molar-refractivity contribution in [2.75, 3.05) is 13.1 Å².